The summed E-state index contributed by atoms with van der Waals surface area (Å²) >= 11 is 0. The van der Waals surface area contributed by atoms with Crippen LogP contribution in [0.25, 0.3) is 115 Å². The molecule has 0 N–H and O–H groups in total. The molecule has 2 heterocycles. The summed E-state index contributed by atoms with van der Waals surface area (Å²) in [7, 11) is 0. The number of hydrogen-bond acceptors (Lipinski definition) is 2. The van der Waals surface area contributed by atoms with E-state index in [-0.39, 0.29) is 0 Å². The number of para-hydroxylation sites is 3. The highest BCUT2D eigenvalue weighted by Crippen LogP contribution is 2.42. The van der Waals surface area contributed by atoms with Gasteiger partial charge in [-0.25, -0.2) is 0 Å². The van der Waals surface area contributed by atoms with Crippen molar-refractivity contribution >= 4 is 93.1 Å². The summed E-state index contributed by atoms with van der Waals surface area (Å²) in [5.74, 6) is 0. The Bertz CT molecular complexity index is 4210. The van der Waals surface area contributed by atoms with Crippen LogP contribution in [-0.2, 0) is 0 Å². The molecule has 14 aromatic rings. The number of nitrogens with zero attached hydrogens (tertiary/aromatic N) is 2. The topological polar surface area (TPSA) is 21.3 Å². The van der Waals surface area contributed by atoms with Gasteiger partial charge in [0.05, 0.1) is 11.0 Å². The lowest BCUT2D eigenvalue weighted by Gasteiger charge is -2.25. The molecule has 0 amide bonds. The van der Waals surface area contributed by atoms with Crippen LogP contribution in [0.4, 0.5) is 17.1 Å². The van der Waals surface area contributed by atoms with Gasteiger partial charge < -0.3 is 13.9 Å². The molecule has 0 saturated heterocycles. The second-order valence-electron chi connectivity index (χ2n) is 18.1. The first-order chi connectivity index (χ1) is 34.2. The Morgan fingerprint density at radius 2 is 0.638 bits per heavy atom. The fourth-order valence-electron chi connectivity index (χ4n) is 10.9. The Morgan fingerprint density at radius 3 is 1.19 bits per heavy atom. The maximum atomic E-state index is 6.14. The van der Waals surface area contributed by atoms with Gasteiger partial charge in [-0.3, -0.25) is 0 Å². The average Bonchev–Trinajstić information content (AvgIpc) is 3.96. The van der Waals surface area contributed by atoms with Crippen LogP contribution in [0.2, 0.25) is 0 Å². The average molecular weight is 879 g/mol. The minimum Gasteiger partial charge on any atom is -0.456 e. The third-order valence-corrected chi connectivity index (χ3v) is 14.2. The van der Waals surface area contributed by atoms with Crippen LogP contribution in [0.3, 0.4) is 0 Å². The number of aromatic nitrogens is 1. The minimum atomic E-state index is 0.910. The van der Waals surface area contributed by atoms with Gasteiger partial charge in [0.1, 0.15) is 11.2 Å². The Labute approximate surface area is 399 Å². The highest BCUT2D eigenvalue weighted by Gasteiger charge is 2.18. The van der Waals surface area contributed by atoms with E-state index in [9.17, 15) is 0 Å². The standard InChI is InChI=1S/C66H42N2O/c1-3-13-49(14-4-1)67(50-15-5-2-6-16-50)51-32-27-45(28-33-51)47-30-37-64-61(40-47)60-39-46(43-23-25-44(26-24-43)48-31-38-66-62(41-48)58-21-11-12-22-65(58)69-66)29-36-63(60)68(64)52-34-35-57-55-19-8-7-17-53(55)54-18-9-10-20-56(54)59(57)42-52/h1-42H. The predicted molar refractivity (Wildman–Crippen MR) is 292 cm³/mol. The van der Waals surface area contributed by atoms with Crippen molar-refractivity contribution in [2.75, 3.05) is 4.90 Å². The maximum Gasteiger partial charge on any atom is 0.135 e. The van der Waals surface area contributed by atoms with E-state index in [2.05, 4.69) is 252 Å². The number of hydrogen-bond donors (Lipinski definition) is 0. The van der Waals surface area contributed by atoms with Gasteiger partial charge in [-0.1, -0.05) is 164 Å². The van der Waals surface area contributed by atoms with E-state index >= 15 is 0 Å². The highest BCUT2D eigenvalue weighted by molar-refractivity contribution is 6.25. The van der Waals surface area contributed by atoms with Crippen molar-refractivity contribution in [2.24, 2.45) is 0 Å². The van der Waals surface area contributed by atoms with E-state index in [1.54, 1.807) is 0 Å². The van der Waals surface area contributed by atoms with Crippen molar-refractivity contribution in [1.29, 1.82) is 0 Å². The van der Waals surface area contributed by atoms with Crippen molar-refractivity contribution in [2.45, 2.75) is 0 Å². The molecule has 3 nitrogen and oxygen atoms in total. The van der Waals surface area contributed by atoms with Crippen LogP contribution >= 0.6 is 0 Å². The Hall–Kier alpha value is -9.18. The maximum absolute atomic E-state index is 6.14. The second kappa shape index (κ2) is 15.7. The summed E-state index contributed by atoms with van der Waals surface area (Å²) in [6.45, 7) is 0. The number of rotatable bonds is 7. The lowest BCUT2D eigenvalue weighted by molar-refractivity contribution is 0.669. The molecule has 0 unspecified atom stereocenters. The molecule has 0 aliphatic carbocycles. The van der Waals surface area contributed by atoms with Gasteiger partial charge in [-0.2, -0.15) is 0 Å². The van der Waals surface area contributed by atoms with Gasteiger partial charge in [-0.05, 0) is 157 Å². The SMILES string of the molecule is c1ccc(N(c2ccccc2)c2ccc(-c3ccc4c(c3)c3cc(-c5ccc(-c6ccc7oc8ccccc8c7c6)cc5)ccc3n4-c3ccc4c5ccccc5c5ccccc5c4c3)cc2)cc1. The van der Waals surface area contributed by atoms with Gasteiger partial charge in [0.25, 0.3) is 0 Å². The molecule has 0 fully saturated rings. The first-order valence-electron chi connectivity index (χ1n) is 23.6. The molecule has 0 radical (unpaired) electrons. The Kier molecular flexibility index (Phi) is 8.90. The van der Waals surface area contributed by atoms with Crippen molar-refractivity contribution in [1.82, 2.24) is 4.57 Å². The number of fused-ring (bicyclic) bond motifs is 12. The molecule has 0 aliphatic rings. The lowest BCUT2D eigenvalue weighted by Crippen LogP contribution is -2.09. The molecular weight excluding hydrogens is 837 g/mol. The number of benzene rings is 12. The molecule has 2 aromatic heterocycles. The fraction of sp³-hybridized carbons (Fsp3) is 0. The quantitative estimate of drug-likeness (QED) is 0.149. The smallest absolute Gasteiger partial charge is 0.135 e. The highest BCUT2D eigenvalue weighted by atomic mass is 16.3. The zero-order valence-electron chi connectivity index (χ0n) is 37.6. The number of anilines is 3. The Morgan fingerprint density at radius 1 is 0.246 bits per heavy atom. The zero-order valence-corrected chi connectivity index (χ0v) is 37.6. The minimum absolute atomic E-state index is 0.910. The van der Waals surface area contributed by atoms with Crippen LogP contribution in [0.15, 0.2) is 259 Å². The van der Waals surface area contributed by atoms with Gasteiger partial charge >= 0.3 is 0 Å². The van der Waals surface area contributed by atoms with E-state index in [0.29, 0.717) is 0 Å². The van der Waals surface area contributed by atoms with Gasteiger partial charge in [0, 0.05) is 44.3 Å². The van der Waals surface area contributed by atoms with Crippen LogP contribution in [0.5, 0.6) is 0 Å². The van der Waals surface area contributed by atoms with Crippen molar-refractivity contribution in [3.8, 4) is 39.1 Å². The molecule has 0 aliphatic heterocycles. The van der Waals surface area contributed by atoms with Gasteiger partial charge in [0.2, 0.25) is 0 Å². The zero-order chi connectivity index (χ0) is 45.4. The van der Waals surface area contributed by atoms with E-state index in [0.717, 1.165) is 44.7 Å². The van der Waals surface area contributed by atoms with Crippen LogP contribution in [-0.4, -0.2) is 4.57 Å². The molecule has 0 saturated carbocycles. The summed E-state index contributed by atoms with van der Waals surface area (Å²) in [5, 5.41) is 12.3. The molecule has 3 heteroatoms. The third-order valence-electron chi connectivity index (χ3n) is 14.2. The van der Waals surface area contributed by atoms with Crippen molar-refractivity contribution in [3.63, 3.8) is 0 Å². The second-order valence-corrected chi connectivity index (χ2v) is 18.1. The van der Waals surface area contributed by atoms with Gasteiger partial charge in [-0.15, -0.1) is 0 Å². The van der Waals surface area contributed by atoms with Crippen LogP contribution < -0.4 is 4.90 Å². The van der Waals surface area contributed by atoms with E-state index in [1.807, 2.05) is 12.1 Å². The molecule has 14 rings (SSSR count). The number of furan rings is 1. The molecule has 0 atom stereocenters. The molecular formula is C66H42N2O. The van der Waals surface area contributed by atoms with E-state index in [1.165, 1.54) is 87.5 Å². The van der Waals surface area contributed by atoms with Crippen molar-refractivity contribution in [3.05, 3.63) is 255 Å². The predicted octanol–water partition coefficient (Wildman–Crippen LogP) is 18.6. The summed E-state index contributed by atoms with van der Waals surface area (Å²) in [6.07, 6.45) is 0. The van der Waals surface area contributed by atoms with E-state index < -0.39 is 0 Å². The molecule has 0 spiro atoms. The Balaban J connectivity index is 0.909. The summed E-state index contributed by atoms with van der Waals surface area (Å²) in [6, 6.07) is 92.6. The lowest BCUT2D eigenvalue weighted by atomic mass is 9.94. The monoisotopic (exact) mass is 878 g/mol. The first-order valence-corrected chi connectivity index (χ1v) is 23.6. The van der Waals surface area contributed by atoms with Gasteiger partial charge in [0.15, 0.2) is 0 Å². The molecule has 0 bridgehead atoms. The van der Waals surface area contributed by atoms with Crippen molar-refractivity contribution < 1.29 is 4.42 Å². The summed E-state index contributed by atoms with van der Waals surface area (Å²) in [5.41, 5.74) is 15.7. The van der Waals surface area contributed by atoms with Crippen LogP contribution in [0, 0.1) is 0 Å². The first kappa shape index (κ1) is 39.0. The third kappa shape index (κ3) is 6.43. The largest absolute Gasteiger partial charge is 0.456 e. The van der Waals surface area contributed by atoms with Crippen LogP contribution in [0.1, 0.15) is 0 Å². The normalized spacial score (nSPS) is 11.8. The molecule has 322 valence electrons. The fourth-order valence-corrected chi connectivity index (χ4v) is 10.9. The summed E-state index contributed by atoms with van der Waals surface area (Å²) < 4.78 is 8.60. The molecule has 69 heavy (non-hydrogen) atoms. The molecule has 12 aromatic carbocycles. The van der Waals surface area contributed by atoms with E-state index in [4.69, 9.17) is 4.42 Å². The summed E-state index contributed by atoms with van der Waals surface area (Å²) in [4.78, 5) is 2.31.